The molecule has 4 nitrogen and oxygen atoms in total. The maximum atomic E-state index is 13.4. The van der Waals surface area contributed by atoms with E-state index < -0.39 is 0 Å². The van der Waals surface area contributed by atoms with Gasteiger partial charge >= 0.3 is 0 Å². The van der Waals surface area contributed by atoms with E-state index in [4.69, 9.17) is 0 Å². The number of hydrogen-bond acceptors (Lipinski definition) is 4. The first-order valence-electron chi connectivity index (χ1n) is 11.6. The second kappa shape index (κ2) is 8.71. The highest BCUT2D eigenvalue weighted by Crippen LogP contribution is 2.42. The van der Waals surface area contributed by atoms with E-state index in [-0.39, 0.29) is 5.92 Å². The number of nitrogens with zero attached hydrogens (tertiary/aromatic N) is 3. The zero-order valence-corrected chi connectivity index (χ0v) is 18.2. The first-order valence-corrected chi connectivity index (χ1v) is 12.6. The second-order valence-electron chi connectivity index (χ2n) is 9.22. The van der Waals surface area contributed by atoms with Crippen LogP contribution in [0.4, 0.5) is 5.82 Å². The number of anilines is 1. The topological polar surface area (TPSA) is 36.4 Å². The third kappa shape index (κ3) is 4.08. The fourth-order valence-corrected chi connectivity index (χ4v) is 7.27. The maximum absolute atomic E-state index is 13.4. The molecule has 2 saturated heterocycles. The molecule has 1 amide bonds. The Balaban J connectivity index is 1.20. The van der Waals surface area contributed by atoms with Gasteiger partial charge in [-0.2, -0.15) is 0 Å². The Morgan fingerprint density at radius 1 is 1.00 bits per heavy atom. The number of aromatic nitrogens is 1. The molecule has 3 fully saturated rings. The lowest BCUT2D eigenvalue weighted by molar-refractivity contribution is -0.139. The molecule has 3 unspecified atom stereocenters. The van der Waals surface area contributed by atoms with Gasteiger partial charge in [0.15, 0.2) is 0 Å². The lowest BCUT2D eigenvalue weighted by Crippen LogP contribution is -2.51. The molecule has 0 aromatic carbocycles. The van der Waals surface area contributed by atoms with Crippen molar-refractivity contribution in [3.63, 3.8) is 0 Å². The van der Waals surface area contributed by atoms with Crippen molar-refractivity contribution in [2.45, 2.75) is 57.4 Å². The lowest BCUT2D eigenvalue weighted by Gasteiger charge is -2.44. The van der Waals surface area contributed by atoms with E-state index in [1.165, 1.54) is 56.3 Å². The van der Waals surface area contributed by atoms with Crippen molar-refractivity contribution >= 4 is 23.5 Å². The van der Waals surface area contributed by atoms with Gasteiger partial charge < -0.3 is 9.80 Å². The number of thioether (sulfide) groups is 1. The summed E-state index contributed by atoms with van der Waals surface area (Å²) in [7, 11) is 0. The van der Waals surface area contributed by atoms with Gasteiger partial charge in [-0.05, 0) is 67.4 Å². The number of pyridine rings is 1. The largest absolute Gasteiger partial charge is 0.357 e. The fourth-order valence-electron chi connectivity index (χ4n) is 5.92. The molecule has 3 atom stereocenters. The molecule has 4 aliphatic rings. The highest BCUT2D eigenvalue weighted by atomic mass is 32.2. The average molecular weight is 412 g/mol. The summed E-state index contributed by atoms with van der Waals surface area (Å²) in [6, 6.07) is 6.69. The molecule has 1 aromatic rings. The van der Waals surface area contributed by atoms with Crippen LogP contribution in [0.5, 0.6) is 0 Å². The Bertz CT molecular complexity index is 742. The first kappa shape index (κ1) is 19.5. The van der Waals surface area contributed by atoms with Gasteiger partial charge in [0.2, 0.25) is 5.91 Å². The van der Waals surface area contributed by atoms with Gasteiger partial charge in [-0.1, -0.05) is 25.0 Å². The summed E-state index contributed by atoms with van der Waals surface area (Å²) in [5, 5.41) is 0. The van der Waals surface area contributed by atoms with Gasteiger partial charge in [-0.25, -0.2) is 4.98 Å². The van der Waals surface area contributed by atoms with Crippen LogP contribution in [0, 0.1) is 17.8 Å². The van der Waals surface area contributed by atoms with Crippen LogP contribution in [0.3, 0.4) is 0 Å². The van der Waals surface area contributed by atoms with Crippen molar-refractivity contribution < 1.29 is 4.79 Å². The highest BCUT2D eigenvalue weighted by molar-refractivity contribution is 8.03. The zero-order valence-electron chi connectivity index (χ0n) is 17.3. The normalized spacial score (nSPS) is 30.8. The summed E-state index contributed by atoms with van der Waals surface area (Å²) in [5.41, 5.74) is 0. The Hall–Kier alpha value is -1.49. The summed E-state index contributed by atoms with van der Waals surface area (Å²) in [4.78, 5) is 24.1. The monoisotopic (exact) mass is 411 g/mol. The van der Waals surface area contributed by atoms with Gasteiger partial charge in [-0.3, -0.25) is 4.79 Å². The molecule has 29 heavy (non-hydrogen) atoms. The van der Waals surface area contributed by atoms with Crippen molar-refractivity contribution in [2.75, 3.05) is 30.3 Å². The molecule has 156 valence electrons. The molecule has 5 rings (SSSR count). The van der Waals surface area contributed by atoms with E-state index in [0.29, 0.717) is 17.9 Å². The van der Waals surface area contributed by atoms with E-state index in [2.05, 4.69) is 33.0 Å². The average Bonchev–Trinajstić information content (AvgIpc) is 3.29. The van der Waals surface area contributed by atoms with E-state index >= 15 is 0 Å². The summed E-state index contributed by atoms with van der Waals surface area (Å²) in [6.07, 6.45) is 14.4. The zero-order chi connectivity index (χ0) is 19.6. The van der Waals surface area contributed by atoms with E-state index in [0.717, 1.165) is 37.1 Å². The summed E-state index contributed by atoms with van der Waals surface area (Å²) >= 11 is 1.96. The lowest BCUT2D eigenvalue weighted by atomic mass is 9.78. The number of allylic oxidation sites excluding steroid dienone is 1. The predicted molar refractivity (Wildman–Crippen MR) is 120 cm³/mol. The molecular formula is C24H33N3OS. The van der Waals surface area contributed by atoms with Crippen molar-refractivity contribution in [2.24, 2.45) is 17.8 Å². The third-order valence-corrected chi connectivity index (χ3v) is 8.84. The van der Waals surface area contributed by atoms with Gasteiger partial charge in [0.1, 0.15) is 5.82 Å². The number of fused-ring (bicyclic) bond motifs is 1. The Kier molecular flexibility index (Phi) is 5.85. The summed E-state index contributed by atoms with van der Waals surface area (Å²) in [6.45, 7) is 3.12. The Morgan fingerprint density at radius 2 is 1.83 bits per heavy atom. The second-order valence-corrected chi connectivity index (χ2v) is 10.3. The van der Waals surface area contributed by atoms with Crippen molar-refractivity contribution in [3.8, 4) is 0 Å². The summed E-state index contributed by atoms with van der Waals surface area (Å²) in [5.74, 6) is 4.00. The van der Waals surface area contributed by atoms with Crippen LogP contribution in [0.2, 0.25) is 0 Å². The molecule has 0 N–H and O–H groups in total. The molecular weight excluding hydrogens is 378 g/mol. The fraction of sp³-hybridized carbons (Fsp3) is 0.667. The minimum atomic E-state index is 0.115. The number of amides is 1. The first-order chi connectivity index (χ1) is 14.3. The molecule has 4 heterocycles. The molecule has 0 spiro atoms. The number of rotatable bonds is 3. The molecule has 1 aromatic heterocycles. The van der Waals surface area contributed by atoms with Crippen LogP contribution in [-0.2, 0) is 4.79 Å². The molecule has 1 saturated carbocycles. The van der Waals surface area contributed by atoms with Crippen LogP contribution in [-0.4, -0.2) is 47.2 Å². The molecule has 5 heteroatoms. The smallest absolute Gasteiger partial charge is 0.230 e. The van der Waals surface area contributed by atoms with Gasteiger partial charge in [0.05, 0.1) is 5.92 Å². The number of carbonyl (C=O) groups is 1. The maximum Gasteiger partial charge on any atom is 0.230 e. The van der Waals surface area contributed by atoms with Crippen LogP contribution in [0.25, 0.3) is 0 Å². The van der Waals surface area contributed by atoms with E-state index in [1.54, 1.807) is 0 Å². The van der Waals surface area contributed by atoms with Crippen LogP contribution < -0.4 is 4.90 Å². The molecule has 0 bridgehead atoms. The van der Waals surface area contributed by atoms with Gasteiger partial charge in [0.25, 0.3) is 0 Å². The molecule has 0 radical (unpaired) electrons. The standard InChI is InChI=1S/C24H33N3OS/c28-24(27-13-5-7-18-6-1-2-8-21(18)27)20-16-22(29-17-20)19-10-14-26(15-11-19)23-9-3-4-12-25-23/h3-4,9,12,16,18-21H,1-2,5-8,10-11,13-15,17H2. The van der Waals surface area contributed by atoms with Crippen molar-refractivity contribution in [3.05, 3.63) is 35.4 Å². The minimum Gasteiger partial charge on any atom is -0.357 e. The number of piperidine rings is 2. The van der Waals surface area contributed by atoms with Crippen LogP contribution in [0.1, 0.15) is 51.4 Å². The van der Waals surface area contributed by atoms with Crippen LogP contribution in [0.15, 0.2) is 35.4 Å². The predicted octanol–water partition coefficient (Wildman–Crippen LogP) is 4.73. The van der Waals surface area contributed by atoms with Crippen molar-refractivity contribution in [1.29, 1.82) is 0 Å². The van der Waals surface area contributed by atoms with Gasteiger partial charge in [-0.15, -0.1) is 11.8 Å². The highest BCUT2D eigenvalue weighted by Gasteiger charge is 2.39. The van der Waals surface area contributed by atoms with E-state index in [1.807, 2.05) is 24.0 Å². The SMILES string of the molecule is O=C(C1C=C(C2CCN(c3ccccn3)CC2)SC1)N1CCCC2CCCCC21. The quantitative estimate of drug-likeness (QED) is 0.721. The number of likely N-dealkylation sites (tertiary alicyclic amines) is 1. The van der Waals surface area contributed by atoms with Crippen LogP contribution >= 0.6 is 11.8 Å². The molecule has 3 aliphatic heterocycles. The number of hydrogen-bond donors (Lipinski definition) is 0. The third-order valence-electron chi connectivity index (χ3n) is 7.51. The summed E-state index contributed by atoms with van der Waals surface area (Å²) < 4.78 is 0. The minimum absolute atomic E-state index is 0.115. The molecule has 1 aliphatic carbocycles. The Morgan fingerprint density at radius 3 is 2.66 bits per heavy atom. The van der Waals surface area contributed by atoms with E-state index in [9.17, 15) is 4.79 Å². The van der Waals surface area contributed by atoms with Crippen molar-refractivity contribution in [1.82, 2.24) is 9.88 Å². The Labute approximate surface area is 179 Å². The number of carbonyl (C=O) groups excluding carboxylic acids is 1. The van der Waals surface area contributed by atoms with Gasteiger partial charge in [0, 0.05) is 37.6 Å².